The van der Waals surface area contributed by atoms with Crippen LogP contribution in [-0.4, -0.2) is 69.8 Å². The highest BCUT2D eigenvalue weighted by atomic mass is 16.6. The largest absolute Gasteiger partial charge is 0.415 e. The van der Waals surface area contributed by atoms with Crippen LogP contribution in [0.25, 0.3) is 0 Å². The number of nitro groups is 1. The van der Waals surface area contributed by atoms with Gasteiger partial charge in [-0.2, -0.15) is 0 Å². The van der Waals surface area contributed by atoms with E-state index in [1.54, 1.807) is 20.8 Å². The summed E-state index contributed by atoms with van der Waals surface area (Å²) < 4.78 is 5.30. The van der Waals surface area contributed by atoms with Crippen molar-refractivity contribution in [2.24, 2.45) is 5.73 Å². The Morgan fingerprint density at radius 2 is 2.07 bits per heavy atom. The van der Waals surface area contributed by atoms with Crippen molar-refractivity contribution >= 4 is 17.8 Å². The number of likely N-dealkylation sites (tertiary alicyclic amines) is 1. The topological polar surface area (TPSA) is 136 Å². The first kappa shape index (κ1) is 22.5. The van der Waals surface area contributed by atoms with Crippen molar-refractivity contribution in [3.8, 4) is 0 Å². The zero-order chi connectivity index (χ0) is 21.7. The van der Waals surface area contributed by atoms with Crippen LogP contribution in [0.4, 0.5) is 4.79 Å². The van der Waals surface area contributed by atoms with E-state index in [1.165, 1.54) is 28.0 Å². The molecule has 2 rings (SSSR count). The summed E-state index contributed by atoms with van der Waals surface area (Å²) in [6, 6.07) is -2.44. The van der Waals surface area contributed by atoms with E-state index < -0.39 is 29.1 Å². The smallest absolute Gasteiger partial charge is 0.411 e. The summed E-state index contributed by atoms with van der Waals surface area (Å²) in [6.07, 6.45) is 4.88. The fourth-order valence-corrected chi connectivity index (χ4v) is 3.34. The Bertz CT molecular complexity index is 730. The molecule has 3 atom stereocenters. The SMILES string of the molecule is CC(N)C(=O)N1CCC[C@@H]1C(=O)CN(C(=O)OC1=CC[C@H]([N+](=O)[O-])C=C1)C(C)C. The third-order valence-corrected chi connectivity index (χ3v) is 5.00. The average molecular weight is 408 g/mol. The summed E-state index contributed by atoms with van der Waals surface area (Å²) in [5.74, 6) is -0.318. The van der Waals surface area contributed by atoms with Crippen molar-refractivity contribution in [1.82, 2.24) is 9.80 Å². The highest BCUT2D eigenvalue weighted by Crippen LogP contribution is 2.21. The predicted octanol–water partition coefficient (Wildman–Crippen LogP) is 1.23. The molecule has 0 aromatic carbocycles. The summed E-state index contributed by atoms with van der Waals surface area (Å²) in [4.78, 5) is 50.8. The number of ketones is 1. The number of carbonyl (C=O) groups excluding carboxylic acids is 3. The monoisotopic (exact) mass is 408 g/mol. The number of carbonyl (C=O) groups is 3. The van der Waals surface area contributed by atoms with Gasteiger partial charge in [0.2, 0.25) is 11.9 Å². The fraction of sp³-hybridized carbons (Fsp3) is 0.632. The van der Waals surface area contributed by atoms with Gasteiger partial charge in [0.25, 0.3) is 0 Å². The molecule has 0 bridgehead atoms. The predicted molar refractivity (Wildman–Crippen MR) is 104 cm³/mol. The normalized spacial score (nSPS) is 22.2. The van der Waals surface area contributed by atoms with Gasteiger partial charge in [-0.15, -0.1) is 0 Å². The molecule has 2 aliphatic rings. The molecule has 0 radical (unpaired) electrons. The van der Waals surface area contributed by atoms with Gasteiger partial charge in [-0.05, 0) is 51.8 Å². The summed E-state index contributed by atoms with van der Waals surface area (Å²) in [7, 11) is 0. The summed E-state index contributed by atoms with van der Waals surface area (Å²) >= 11 is 0. The molecule has 160 valence electrons. The highest BCUT2D eigenvalue weighted by Gasteiger charge is 2.36. The minimum atomic E-state index is -0.837. The van der Waals surface area contributed by atoms with Crippen LogP contribution >= 0.6 is 0 Å². The molecule has 0 aromatic heterocycles. The maximum absolute atomic E-state index is 12.8. The number of allylic oxidation sites excluding steroid dienone is 1. The average Bonchev–Trinajstić information content (AvgIpc) is 3.15. The molecule has 0 spiro atoms. The van der Waals surface area contributed by atoms with E-state index in [0.717, 1.165) is 0 Å². The van der Waals surface area contributed by atoms with Crippen molar-refractivity contribution < 1.29 is 24.0 Å². The van der Waals surface area contributed by atoms with Crippen LogP contribution in [0.1, 0.15) is 40.0 Å². The highest BCUT2D eigenvalue weighted by molar-refractivity contribution is 5.93. The number of hydrogen-bond acceptors (Lipinski definition) is 7. The Morgan fingerprint density at radius 3 is 2.59 bits per heavy atom. The second-order valence-electron chi connectivity index (χ2n) is 7.59. The van der Waals surface area contributed by atoms with Gasteiger partial charge in [-0.1, -0.05) is 0 Å². The summed E-state index contributed by atoms with van der Waals surface area (Å²) in [6.45, 7) is 5.36. The fourth-order valence-electron chi connectivity index (χ4n) is 3.34. The van der Waals surface area contributed by atoms with Crippen molar-refractivity contribution in [2.45, 2.75) is 64.2 Å². The molecule has 0 saturated carbocycles. The number of nitrogens with two attached hydrogens (primary N) is 1. The Balaban J connectivity index is 2.01. The molecule has 2 amide bonds. The van der Waals surface area contributed by atoms with E-state index in [1.807, 2.05) is 0 Å². The van der Waals surface area contributed by atoms with Crippen LogP contribution in [0.15, 0.2) is 24.0 Å². The first-order valence-electron chi connectivity index (χ1n) is 9.71. The van der Waals surface area contributed by atoms with Crippen molar-refractivity contribution in [3.63, 3.8) is 0 Å². The lowest BCUT2D eigenvalue weighted by Crippen LogP contribution is -2.51. The molecular formula is C19H28N4O6. The van der Waals surface area contributed by atoms with Crippen LogP contribution < -0.4 is 5.73 Å². The maximum atomic E-state index is 12.8. The van der Waals surface area contributed by atoms with E-state index in [-0.39, 0.29) is 36.5 Å². The van der Waals surface area contributed by atoms with Gasteiger partial charge in [0.1, 0.15) is 5.76 Å². The minimum absolute atomic E-state index is 0.128. The van der Waals surface area contributed by atoms with Crippen LogP contribution in [0.5, 0.6) is 0 Å². The van der Waals surface area contributed by atoms with Gasteiger partial charge in [-0.3, -0.25) is 24.6 Å². The van der Waals surface area contributed by atoms with Crippen molar-refractivity contribution in [2.75, 3.05) is 13.1 Å². The first-order chi connectivity index (χ1) is 13.6. The zero-order valence-corrected chi connectivity index (χ0v) is 16.9. The van der Waals surface area contributed by atoms with Gasteiger partial charge >= 0.3 is 6.09 Å². The molecule has 1 aliphatic heterocycles. The summed E-state index contributed by atoms with van der Waals surface area (Å²) in [5, 5.41) is 10.8. The minimum Gasteiger partial charge on any atom is -0.411 e. The Morgan fingerprint density at radius 1 is 1.38 bits per heavy atom. The molecule has 1 heterocycles. The molecule has 10 heteroatoms. The van der Waals surface area contributed by atoms with Gasteiger partial charge in [0, 0.05) is 23.9 Å². The van der Waals surface area contributed by atoms with Crippen LogP contribution in [0, 0.1) is 10.1 Å². The number of ether oxygens (including phenoxy) is 1. The molecule has 0 aromatic rings. The van der Waals surface area contributed by atoms with E-state index in [4.69, 9.17) is 10.5 Å². The Kier molecular flexibility index (Phi) is 7.49. The lowest BCUT2D eigenvalue weighted by Gasteiger charge is -2.30. The van der Waals surface area contributed by atoms with Crippen LogP contribution in [0.3, 0.4) is 0 Å². The van der Waals surface area contributed by atoms with Gasteiger partial charge in [0.05, 0.1) is 18.6 Å². The Labute approximate surface area is 169 Å². The third-order valence-electron chi connectivity index (χ3n) is 5.00. The summed E-state index contributed by atoms with van der Waals surface area (Å²) in [5.41, 5.74) is 5.67. The lowest BCUT2D eigenvalue weighted by atomic mass is 10.1. The molecule has 1 fully saturated rings. The zero-order valence-electron chi connectivity index (χ0n) is 16.9. The third kappa shape index (κ3) is 5.63. The number of nitrogens with zero attached hydrogens (tertiary/aromatic N) is 3. The molecule has 2 N–H and O–H groups in total. The number of hydrogen-bond donors (Lipinski definition) is 1. The van der Waals surface area contributed by atoms with Gasteiger partial charge in [0.15, 0.2) is 5.78 Å². The Hall–Kier alpha value is -2.75. The maximum Gasteiger partial charge on any atom is 0.415 e. The van der Waals surface area contributed by atoms with E-state index in [0.29, 0.717) is 19.4 Å². The van der Waals surface area contributed by atoms with E-state index >= 15 is 0 Å². The van der Waals surface area contributed by atoms with Crippen LogP contribution in [0.2, 0.25) is 0 Å². The number of rotatable bonds is 7. The number of Topliss-reactive ketones (excluding diaryl/α,β-unsaturated/α-hetero) is 1. The van der Waals surface area contributed by atoms with Crippen molar-refractivity contribution in [3.05, 3.63) is 34.1 Å². The standard InChI is InChI=1S/C19H28N4O6/c1-12(2)22(19(26)29-15-8-6-14(7-9-15)23(27)28)11-17(24)16-5-4-10-21(16)18(25)13(3)20/h6,8-9,12-14,16H,4-5,7,10-11,20H2,1-3H3/t13?,14-,16-/m1/s1. The molecule has 1 aliphatic carbocycles. The quantitative estimate of drug-likeness (QED) is 0.494. The second-order valence-corrected chi connectivity index (χ2v) is 7.59. The van der Waals surface area contributed by atoms with Gasteiger partial charge < -0.3 is 15.4 Å². The lowest BCUT2D eigenvalue weighted by molar-refractivity contribution is -0.508. The van der Waals surface area contributed by atoms with Crippen LogP contribution in [-0.2, 0) is 14.3 Å². The van der Waals surface area contributed by atoms with Gasteiger partial charge in [-0.25, -0.2) is 4.79 Å². The second kappa shape index (κ2) is 9.64. The molecule has 1 unspecified atom stereocenters. The van der Waals surface area contributed by atoms with Crippen molar-refractivity contribution in [1.29, 1.82) is 0 Å². The molecule has 29 heavy (non-hydrogen) atoms. The van der Waals surface area contributed by atoms with E-state index in [9.17, 15) is 24.5 Å². The first-order valence-corrected chi connectivity index (χ1v) is 9.71. The number of amides is 2. The molecule has 1 saturated heterocycles. The molecular weight excluding hydrogens is 380 g/mol. The van der Waals surface area contributed by atoms with E-state index in [2.05, 4.69) is 0 Å². The molecule has 10 nitrogen and oxygen atoms in total.